The van der Waals surface area contributed by atoms with Gasteiger partial charge in [0.05, 0.1) is 13.1 Å². The first-order valence-corrected chi connectivity index (χ1v) is 6.01. The van der Waals surface area contributed by atoms with Gasteiger partial charge >= 0.3 is 0 Å². The largest absolute Gasteiger partial charge is 0.336 e. The highest BCUT2D eigenvalue weighted by atomic mass is 32.1. The highest BCUT2D eigenvalue weighted by Crippen LogP contribution is 2.13. The number of amides is 1. The zero-order valence-corrected chi connectivity index (χ0v) is 10.1. The number of carbonyl (C=O) groups excluding carboxylic acids is 1. The molecule has 84 valence electrons. The Bertz CT molecular complexity index is 296. The van der Waals surface area contributed by atoms with E-state index in [1.165, 1.54) is 4.88 Å². The average molecular weight is 226 g/mol. The van der Waals surface area contributed by atoms with E-state index < -0.39 is 0 Å². The molecule has 1 aromatic rings. The third-order valence-electron chi connectivity index (χ3n) is 2.04. The lowest BCUT2D eigenvalue weighted by molar-refractivity contribution is -0.130. The van der Waals surface area contributed by atoms with E-state index in [1.807, 2.05) is 22.4 Å². The van der Waals surface area contributed by atoms with Crippen LogP contribution >= 0.6 is 11.3 Å². The molecule has 0 aliphatic heterocycles. The number of thiophene rings is 1. The number of nitrogens with two attached hydrogens (primary N) is 1. The molecule has 0 unspecified atom stereocenters. The Kier molecular flexibility index (Phi) is 4.78. The van der Waals surface area contributed by atoms with Gasteiger partial charge in [-0.2, -0.15) is 0 Å². The first-order valence-electron chi connectivity index (χ1n) is 5.13. The number of nitrogens with zero attached hydrogens (tertiary/aromatic N) is 1. The summed E-state index contributed by atoms with van der Waals surface area (Å²) in [6.07, 6.45) is 0. The fourth-order valence-corrected chi connectivity index (χ4v) is 2.13. The molecule has 0 atom stereocenters. The van der Waals surface area contributed by atoms with Crippen LogP contribution < -0.4 is 5.73 Å². The lowest BCUT2D eigenvalue weighted by Gasteiger charge is -2.23. The normalized spacial score (nSPS) is 10.7. The molecule has 3 nitrogen and oxygen atoms in total. The number of rotatable bonds is 5. The van der Waals surface area contributed by atoms with Crippen molar-refractivity contribution in [2.24, 2.45) is 11.7 Å². The highest BCUT2D eigenvalue weighted by Gasteiger charge is 2.13. The second-order valence-corrected chi connectivity index (χ2v) is 4.98. The first-order chi connectivity index (χ1) is 7.13. The predicted molar refractivity (Wildman–Crippen MR) is 63.6 cm³/mol. The van der Waals surface area contributed by atoms with Crippen LogP contribution in [0.3, 0.4) is 0 Å². The van der Waals surface area contributed by atoms with E-state index in [0.29, 0.717) is 12.5 Å². The minimum absolute atomic E-state index is 0.0251. The van der Waals surface area contributed by atoms with Crippen molar-refractivity contribution in [1.29, 1.82) is 0 Å². The number of hydrogen-bond donors (Lipinski definition) is 1. The molecule has 0 radical (unpaired) electrons. The molecule has 0 aliphatic rings. The van der Waals surface area contributed by atoms with Crippen LogP contribution in [0.4, 0.5) is 0 Å². The first kappa shape index (κ1) is 12.2. The van der Waals surface area contributed by atoms with Crippen molar-refractivity contribution in [3.63, 3.8) is 0 Å². The van der Waals surface area contributed by atoms with Crippen LogP contribution in [-0.2, 0) is 11.3 Å². The van der Waals surface area contributed by atoms with Crippen molar-refractivity contribution < 1.29 is 4.79 Å². The monoisotopic (exact) mass is 226 g/mol. The van der Waals surface area contributed by atoms with Gasteiger partial charge < -0.3 is 10.6 Å². The Balaban J connectivity index is 2.60. The molecule has 1 amide bonds. The van der Waals surface area contributed by atoms with E-state index in [4.69, 9.17) is 5.73 Å². The summed E-state index contributed by atoms with van der Waals surface area (Å²) in [5, 5.41) is 2.02. The summed E-state index contributed by atoms with van der Waals surface area (Å²) in [4.78, 5) is 14.6. The van der Waals surface area contributed by atoms with Gasteiger partial charge in [-0.05, 0) is 17.4 Å². The summed E-state index contributed by atoms with van der Waals surface area (Å²) >= 11 is 1.67. The molecule has 0 fully saturated rings. The van der Waals surface area contributed by atoms with Crippen LogP contribution in [0, 0.1) is 5.92 Å². The number of carbonyl (C=O) groups is 1. The average Bonchev–Trinajstić information content (AvgIpc) is 2.67. The zero-order chi connectivity index (χ0) is 11.3. The molecular weight excluding hydrogens is 208 g/mol. The molecule has 15 heavy (non-hydrogen) atoms. The Labute approximate surface area is 94.9 Å². The molecule has 0 saturated carbocycles. The predicted octanol–water partition coefficient (Wildman–Crippen LogP) is 1.69. The molecule has 0 spiro atoms. The van der Waals surface area contributed by atoms with Crippen LogP contribution in [0.25, 0.3) is 0 Å². The van der Waals surface area contributed by atoms with Crippen molar-refractivity contribution in [3.05, 3.63) is 22.4 Å². The molecule has 4 heteroatoms. The van der Waals surface area contributed by atoms with Gasteiger partial charge in [0, 0.05) is 11.4 Å². The van der Waals surface area contributed by atoms with Gasteiger partial charge in [0.1, 0.15) is 0 Å². The number of hydrogen-bond acceptors (Lipinski definition) is 3. The summed E-state index contributed by atoms with van der Waals surface area (Å²) in [5.41, 5.74) is 5.39. The van der Waals surface area contributed by atoms with Crippen LogP contribution in [0.15, 0.2) is 17.5 Å². The third kappa shape index (κ3) is 4.01. The van der Waals surface area contributed by atoms with Gasteiger partial charge in [-0.15, -0.1) is 11.3 Å². The minimum atomic E-state index is 0.0251. The fourth-order valence-electron chi connectivity index (χ4n) is 1.42. The quantitative estimate of drug-likeness (QED) is 0.830. The van der Waals surface area contributed by atoms with Gasteiger partial charge in [-0.1, -0.05) is 19.9 Å². The van der Waals surface area contributed by atoms with E-state index >= 15 is 0 Å². The van der Waals surface area contributed by atoms with Crippen molar-refractivity contribution in [2.75, 3.05) is 13.1 Å². The summed E-state index contributed by atoms with van der Waals surface area (Å²) < 4.78 is 0. The Morgan fingerprint density at radius 2 is 2.33 bits per heavy atom. The summed E-state index contributed by atoms with van der Waals surface area (Å²) in [5.74, 6) is 0.498. The molecule has 2 N–H and O–H groups in total. The van der Waals surface area contributed by atoms with Crippen LogP contribution in [-0.4, -0.2) is 23.9 Å². The molecule has 0 aromatic carbocycles. The molecular formula is C11H18N2OS. The van der Waals surface area contributed by atoms with Crippen molar-refractivity contribution >= 4 is 17.2 Å². The van der Waals surface area contributed by atoms with E-state index in [-0.39, 0.29) is 12.5 Å². The van der Waals surface area contributed by atoms with Crippen LogP contribution in [0.5, 0.6) is 0 Å². The lowest BCUT2D eigenvalue weighted by atomic mass is 10.2. The van der Waals surface area contributed by atoms with E-state index in [1.54, 1.807) is 11.3 Å². The van der Waals surface area contributed by atoms with Crippen molar-refractivity contribution in [3.8, 4) is 0 Å². The SMILES string of the molecule is CC(C)CN(Cc1cccs1)C(=O)CN. The minimum Gasteiger partial charge on any atom is -0.336 e. The molecule has 0 bridgehead atoms. The van der Waals surface area contributed by atoms with Gasteiger partial charge in [0.25, 0.3) is 0 Å². The highest BCUT2D eigenvalue weighted by molar-refractivity contribution is 7.09. The standard InChI is InChI=1S/C11H18N2OS/c1-9(2)7-13(11(14)6-12)8-10-4-3-5-15-10/h3-5,9H,6-8,12H2,1-2H3. The Morgan fingerprint density at radius 1 is 1.60 bits per heavy atom. The van der Waals surface area contributed by atoms with Crippen LogP contribution in [0.1, 0.15) is 18.7 Å². The third-order valence-corrected chi connectivity index (χ3v) is 2.90. The Morgan fingerprint density at radius 3 is 2.80 bits per heavy atom. The summed E-state index contributed by atoms with van der Waals surface area (Å²) in [6.45, 7) is 5.76. The van der Waals surface area contributed by atoms with Gasteiger partial charge in [-0.3, -0.25) is 4.79 Å². The maximum atomic E-state index is 11.6. The van der Waals surface area contributed by atoms with Gasteiger partial charge in [0.15, 0.2) is 0 Å². The molecule has 1 aromatic heterocycles. The second-order valence-electron chi connectivity index (χ2n) is 3.95. The van der Waals surface area contributed by atoms with Crippen LogP contribution in [0.2, 0.25) is 0 Å². The Hall–Kier alpha value is -0.870. The van der Waals surface area contributed by atoms with Crippen molar-refractivity contribution in [1.82, 2.24) is 4.90 Å². The lowest BCUT2D eigenvalue weighted by Crippen LogP contribution is -2.37. The van der Waals surface area contributed by atoms with Gasteiger partial charge in [-0.25, -0.2) is 0 Å². The van der Waals surface area contributed by atoms with E-state index in [2.05, 4.69) is 13.8 Å². The summed E-state index contributed by atoms with van der Waals surface area (Å²) in [7, 11) is 0. The molecule has 0 saturated heterocycles. The molecule has 0 aliphatic carbocycles. The topological polar surface area (TPSA) is 46.3 Å². The summed E-state index contributed by atoms with van der Waals surface area (Å²) in [6, 6.07) is 4.04. The van der Waals surface area contributed by atoms with E-state index in [9.17, 15) is 4.79 Å². The van der Waals surface area contributed by atoms with Crippen molar-refractivity contribution in [2.45, 2.75) is 20.4 Å². The van der Waals surface area contributed by atoms with Gasteiger partial charge in [0.2, 0.25) is 5.91 Å². The van der Waals surface area contributed by atoms with E-state index in [0.717, 1.165) is 6.54 Å². The maximum absolute atomic E-state index is 11.6. The second kappa shape index (κ2) is 5.88. The molecule has 1 rings (SSSR count). The zero-order valence-electron chi connectivity index (χ0n) is 9.27. The maximum Gasteiger partial charge on any atom is 0.236 e. The molecule has 1 heterocycles. The fraction of sp³-hybridized carbons (Fsp3) is 0.545. The smallest absolute Gasteiger partial charge is 0.236 e.